The maximum Gasteiger partial charge on any atom is 0.245 e. The fraction of sp³-hybridized carbons (Fsp3) is 0.381. The van der Waals surface area contributed by atoms with E-state index in [4.69, 9.17) is 4.74 Å². The molecule has 1 aliphatic rings. The van der Waals surface area contributed by atoms with Gasteiger partial charge in [0.2, 0.25) is 15.9 Å². The van der Waals surface area contributed by atoms with Gasteiger partial charge in [-0.2, -0.15) is 0 Å². The average Bonchev–Trinajstić information content (AvgIpc) is 2.69. The molecule has 0 aliphatic carbocycles. The topological polar surface area (TPSA) is 79.0 Å². The van der Waals surface area contributed by atoms with Crippen molar-refractivity contribution in [3.63, 3.8) is 0 Å². The molecule has 0 spiro atoms. The maximum atomic E-state index is 12.6. The SMILES string of the molecule is Cc1cccc(N(CC(=O)Nc2ccc(N3CCOCC3)cc2)S(C)(=O)=O)c1C. The Morgan fingerprint density at radius 3 is 2.38 bits per heavy atom. The minimum atomic E-state index is -3.61. The van der Waals surface area contributed by atoms with E-state index < -0.39 is 15.9 Å². The van der Waals surface area contributed by atoms with Crippen molar-refractivity contribution in [3.8, 4) is 0 Å². The van der Waals surface area contributed by atoms with Gasteiger partial charge in [0, 0.05) is 24.5 Å². The Bertz CT molecular complexity index is 968. The Hall–Kier alpha value is -2.58. The number of morpholine rings is 1. The number of amides is 1. The number of anilines is 3. The van der Waals surface area contributed by atoms with E-state index in [0.29, 0.717) is 24.6 Å². The Balaban J connectivity index is 1.71. The van der Waals surface area contributed by atoms with Crippen LogP contribution in [0.3, 0.4) is 0 Å². The van der Waals surface area contributed by atoms with E-state index >= 15 is 0 Å². The molecule has 1 fully saturated rings. The second-order valence-electron chi connectivity index (χ2n) is 7.18. The number of hydrogen-bond donors (Lipinski definition) is 1. The molecule has 0 atom stereocenters. The largest absolute Gasteiger partial charge is 0.378 e. The van der Waals surface area contributed by atoms with E-state index in [1.165, 1.54) is 0 Å². The molecule has 3 rings (SSSR count). The maximum absolute atomic E-state index is 12.6. The van der Waals surface area contributed by atoms with Crippen LogP contribution in [0.1, 0.15) is 11.1 Å². The van der Waals surface area contributed by atoms with Crippen molar-refractivity contribution in [2.45, 2.75) is 13.8 Å². The van der Waals surface area contributed by atoms with Crippen LogP contribution in [-0.2, 0) is 19.6 Å². The zero-order valence-corrected chi connectivity index (χ0v) is 17.8. The van der Waals surface area contributed by atoms with Gasteiger partial charge in [-0.25, -0.2) is 8.42 Å². The van der Waals surface area contributed by atoms with Crippen molar-refractivity contribution in [2.24, 2.45) is 0 Å². The molecule has 0 radical (unpaired) electrons. The summed E-state index contributed by atoms with van der Waals surface area (Å²) < 4.78 is 31.2. The minimum Gasteiger partial charge on any atom is -0.378 e. The zero-order valence-electron chi connectivity index (χ0n) is 17.0. The Morgan fingerprint density at radius 1 is 1.10 bits per heavy atom. The highest BCUT2D eigenvalue weighted by molar-refractivity contribution is 7.92. The highest BCUT2D eigenvalue weighted by Gasteiger charge is 2.23. The molecule has 156 valence electrons. The normalized spacial score (nSPS) is 14.5. The van der Waals surface area contributed by atoms with E-state index in [0.717, 1.165) is 40.5 Å². The number of ether oxygens (including phenoxy) is 1. The quantitative estimate of drug-likeness (QED) is 0.781. The molecule has 0 bridgehead atoms. The monoisotopic (exact) mass is 417 g/mol. The molecular formula is C21H27N3O4S. The molecule has 0 saturated carbocycles. The first-order valence-corrected chi connectivity index (χ1v) is 11.4. The minimum absolute atomic E-state index is 0.283. The van der Waals surface area contributed by atoms with Gasteiger partial charge >= 0.3 is 0 Å². The van der Waals surface area contributed by atoms with Crippen molar-refractivity contribution in [1.29, 1.82) is 0 Å². The fourth-order valence-electron chi connectivity index (χ4n) is 3.29. The molecule has 1 aliphatic heterocycles. The van der Waals surface area contributed by atoms with E-state index in [1.807, 2.05) is 44.2 Å². The molecule has 0 unspecified atom stereocenters. The number of carbonyl (C=O) groups is 1. The van der Waals surface area contributed by atoms with Gasteiger partial charge in [-0.05, 0) is 55.3 Å². The summed E-state index contributed by atoms with van der Waals surface area (Å²) in [6.07, 6.45) is 1.11. The van der Waals surface area contributed by atoms with Crippen molar-refractivity contribution in [3.05, 3.63) is 53.6 Å². The van der Waals surface area contributed by atoms with Crippen molar-refractivity contribution in [2.75, 3.05) is 53.6 Å². The second-order valence-corrected chi connectivity index (χ2v) is 9.09. The number of sulfonamides is 1. The summed E-state index contributed by atoms with van der Waals surface area (Å²) in [5.41, 5.74) is 4.02. The molecule has 0 aromatic heterocycles. The first kappa shape index (κ1) is 21.1. The highest BCUT2D eigenvalue weighted by atomic mass is 32.2. The number of aryl methyl sites for hydroxylation is 1. The second kappa shape index (κ2) is 8.84. The van der Waals surface area contributed by atoms with Gasteiger partial charge in [-0.3, -0.25) is 9.10 Å². The smallest absolute Gasteiger partial charge is 0.245 e. The van der Waals surface area contributed by atoms with Crippen molar-refractivity contribution >= 4 is 33.0 Å². The van der Waals surface area contributed by atoms with Crippen LogP contribution in [0.4, 0.5) is 17.1 Å². The number of benzene rings is 2. The predicted molar refractivity (Wildman–Crippen MR) is 116 cm³/mol. The van der Waals surface area contributed by atoms with E-state index in [2.05, 4.69) is 10.2 Å². The highest BCUT2D eigenvalue weighted by Crippen LogP contribution is 2.25. The summed E-state index contributed by atoms with van der Waals surface area (Å²) in [4.78, 5) is 14.8. The molecule has 1 saturated heterocycles. The summed E-state index contributed by atoms with van der Waals surface area (Å²) in [6, 6.07) is 13.0. The third kappa shape index (κ3) is 5.27. The number of nitrogens with zero attached hydrogens (tertiary/aromatic N) is 2. The van der Waals surface area contributed by atoms with Gasteiger partial charge in [0.05, 0.1) is 25.2 Å². The van der Waals surface area contributed by atoms with Crippen LogP contribution in [0.2, 0.25) is 0 Å². The standard InChI is InChI=1S/C21H27N3O4S/c1-16-5-4-6-20(17(16)2)24(29(3,26)27)15-21(25)22-18-7-9-19(10-8-18)23-11-13-28-14-12-23/h4-10H,11-15H2,1-3H3,(H,22,25). The lowest BCUT2D eigenvalue weighted by molar-refractivity contribution is -0.114. The molecule has 2 aromatic carbocycles. The molecule has 1 heterocycles. The number of hydrogen-bond acceptors (Lipinski definition) is 5. The molecular weight excluding hydrogens is 390 g/mol. The van der Waals surface area contributed by atoms with Crippen LogP contribution < -0.4 is 14.5 Å². The molecule has 7 nitrogen and oxygen atoms in total. The Kier molecular flexibility index (Phi) is 6.44. The van der Waals surface area contributed by atoms with E-state index in [9.17, 15) is 13.2 Å². The summed E-state index contributed by atoms with van der Waals surface area (Å²) in [5, 5.41) is 2.79. The van der Waals surface area contributed by atoms with Gasteiger partial charge in [-0.15, -0.1) is 0 Å². The molecule has 2 aromatic rings. The number of carbonyl (C=O) groups excluding carboxylic acids is 1. The predicted octanol–water partition coefficient (Wildman–Crippen LogP) is 2.54. The zero-order chi connectivity index (χ0) is 21.0. The van der Waals surface area contributed by atoms with Crippen LogP contribution in [0.25, 0.3) is 0 Å². The fourth-order valence-corrected chi connectivity index (χ4v) is 4.20. The lowest BCUT2D eigenvalue weighted by atomic mass is 10.1. The summed E-state index contributed by atoms with van der Waals surface area (Å²) >= 11 is 0. The van der Waals surface area contributed by atoms with Crippen LogP contribution in [0.15, 0.2) is 42.5 Å². The molecule has 8 heteroatoms. The average molecular weight is 418 g/mol. The third-order valence-electron chi connectivity index (χ3n) is 5.06. The van der Waals surface area contributed by atoms with Crippen LogP contribution in [-0.4, -0.2) is 53.4 Å². The first-order valence-electron chi connectivity index (χ1n) is 9.52. The summed E-state index contributed by atoms with van der Waals surface area (Å²) in [6.45, 7) is 6.57. The molecule has 29 heavy (non-hydrogen) atoms. The number of rotatable bonds is 6. The lowest BCUT2D eigenvalue weighted by Gasteiger charge is -2.29. The van der Waals surface area contributed by atoms with Crippen molar-refractivity contribution in [1.82, 2.24) is 0 Å². The van der Waals surface area contributed by atoms with Crippen LogP contribution in [0.5, 0.6) is 0 Å². The van der Waals surface area contributed by atoms with E-state index in [1.54, 1.807) is 12.1 Å². The van der Waals surface area contributed by atoms with Gasteiger partial charge < -0.3 is 15.0 Å². The molecule has 1 amide bonds. The first-order chi connectivity index (χ1) is 13.8. The van der Waals surface area contributed by atoms with Gasteiger partial charge in [0.1, 0.15) is 6.54 Å². The van der Waals surface area contributed by atoms with Gasteiger partial charge in [0.15, 0.2) is 0 Å². The van der Waals surface area contributed by atoms with Gasteiger partial charge in [0.25, 0.3) is 0 Å². The molecule has 1 N–H and O–H groups in total. The van der Waals surface area contributed by atoms with Crippen molar-refractivity contribution < 1.29 is 17.9 Å². The summed E-state index contributed by atoms with van der Waals surface area (Å²) in [5.74, 6) is -0.393. The van der Waals surface area contributed by atoms with Crippen LogP contribution >= 0.6 is 0 Å². The number of nitrogens with one attached hydrogen (secondary N) is 1. The summed E-state index contributed by atoms with van der Waals surface area (Å²) in [7, 11) is -3.61. The Labute approximate surface area is 172 Å². The third-order valence-corrected chi connectivity index (χ3v) is 6.19. The van der Waals surface area contributed by atoms with E-state index in [-0.39, 0.29) is 6.54 Å². The Morgan fingerprint density at radius 2 is 1.76 bits per heavy atom. The van der Waals surface area contributed by atoms with Crippen LogP contribution in [0, 0.1) is 13.8 Å². The van der Waals surface area contributed by atoms with Gasteiger partial charge in [-0.1, -0.05) is 12.1 Å². The lowest BCUT2D eigenvalue weighted by Crippen LogP contribution is -2.38.